The second-order valence-electron chi connectivity index (χ2n) is 7.83. The summed E-state index contributed by atoms with van der Waals surface area (Å²) in [6, 6.07) is 8.06. The molecule has 0 spiro atoms. The molecule has 2 aliphatic carbocycles. The first-order valence-electron chi connectivity index (χ1n) is 9.28. The number of imidazole rings is 1. The van der Waals surface area contributed by atoms with Crippen molar-refractivity contribution >= 4 is 16.9 Å². The average molecular weight is 325 g/mol. The van der Waals surface area contributed by atoms with E-state index in [9.17, 15) is 4.79 Å². The van der Waals surface area contributed by atoms with Crippen molar-refractivity contribution in [1.82, 2.24) is 14.9 Å². The van der Waals surface area contributed by atoms with Gasteiger partial charge in [-0.2, -0.15) is 0 Å². The largest absolute Gasteiger partial charge is 0.352 e. The average Bonchev–Trinajstić information content (AvgIpc) is 3.26. The van der Waals surface area contributed by atoms with Gasteiger partial charge in [0.2, 0.25) is 5.91 Å². The molecule has 5 atom stereocenters. The van der Waals surface area contributed by atoms with Crippen LogP contribution in [0.15, 0.2) is 24.3 Å². The number of benzene rings is 1. The Balaban J connectivity index is 1.50. The number of para-hydroxylation sites is 2. The fourth-order valence-corrected chi connectivity index (χ4v) is 5.13. The molecule has 24 heavy (non-hydrogen) atoms. The van der Waals surface area contributed by atoms with E-state index in [1.165, 1.54) is 25.7 Å². The van der Waals surface area contributed by atoms with E-state index < -0.39 is 0 Å². The van der Waals surface area contributed by atoms with Crippen LogP contribution in [0.3, 0.4) is 0 Å². The Kier molecular flexibility index (Phi) is 3.86. The number of fused-ring (bicyclic) bond motifs is 3. The van der Waals surface area contributed by atoms with Gasteiger partial charge in [0, 0.05) is 6.04 Å². The lowest BCUT2D eigenvalue weighted by molar-refractivity contribution is -0.124. The number of aromatic nitrogens is 2. The summed E-state index contributed by atoms with van der Waals surface area (Å²) in [7, 11) is 0. The van der Waals surface area contributed by atoms with Crippen molar-refractivity contribution in [2.75, 3.05) is 0 Å². The summed E-state index contributed by atoms with van der Waals surface area (Å²) < 4.78 is 2.05. The zero-order valence-electron chi connectivity index (χ0n) is 14.8. The van der Waals surface area contributed by atoms with Crippen LogP contribution in [0.5, 0.6) is 0 Å². The summed E-state index contributed by atoms with van der Waals surface area (Å²) in [5.74, 6) is 3.41. The van der Waals surface area contributed by atoms with Gasteiger partial charge >= 0.3 is 0 Å². The van der Waals surface area contributed by atoms with Crippen LogP contribution < -0.4 is 5.32 Å². The molecule has 5 unspecified atom stereocenters. The number of rotatable bonds is 4. The molecule has 2 aromatic rings. The number of amides is 1. The second kappa shape index (κ2) is 5.91. The fourth-order valence-electron chi connectivity index (χ4n) is 5.13. The van der Waals surface area contributed by atoms with Gasteiger partial charge in [0.05, 0.1) is 11.0 Å². The molecule has 2 fully saturated rings. The van der Waals surface area contributed by atoms with E-state index in [1.807, 2.05) is 38.1 Å². The first kappa shape index (κ1) is 15.7. The molecule has 4 heteroatoms. The maximum atomic E-state index is 12.9. The molecule has 2 aliphatic rings. The summed E-state index contributed by atoms with van der Waals surface area (Å²) >= 11 is 0. The molecule has 1 N–H and O–H groups in total. The fraction of sp³-hybridized carbons (Fsp3) is 0.600. The van der Waals surface area contributed by atoms with Gasteiger partial charge in [-0.05, 0) is 69.9 Å². The summed E-state index contributed by atoms with van der Waals surface area (Å²) in [4.78, 5) is 17.4. The van der Waals surface area contributed by atoms with Crippen LogP contribution in [-0.2, 0) is 4.79 Å². The standard InChI is InChI=1S/C20H27N3O/c1-12(17-11-15-8-9-16(17)10-15)21-20(24)13(2)23-14(3)22-18-6-4-5-7-19(18)23/h4-7,12-13,15-17H,8-11H2,1-3H3,(H,21,24). The highest BCUT2D eigenvalue weighted by molar-refractivity contribution is 5.84. The van der Waals surface area contributed by atoms with Gasteiger partial charge in [0.1, 0.15) is 11.9 Å². The molecular formula is C20H27N3O. The van der Waals surface area contributed by atoms with Crippen LogP contribution in [0, 0.1) is 24.7 Å². The molecule has 2 saturated carbocycles. The number of hydrogen-bond acceptors (Lipinski definition) is 2. The van der Waals surface area contributed by atoms with Crippen molar-refractivity contribution < 1.29 is 4.79 Å². The highest BCUT2D eigenvalue weighted by Gasteiger charge is 2.42. The van der Waals surface area contributed by atoms with Gasteiger partial charge in [-0.25, -0.2) is 4.98 Å². The molecule has 4 rings (SSSR count). The van der Waals surface area contributed by atoms with Gasteiger partial charge in [0.15, 0.2) is 0 Å². The smallest absolute Gasteiger partial charge is 0.243 e. The van der Waals surface area contributed by atoms with Crippen molar-refractivity contribution in [3.8, 4) is 0 Å². The Morgan fingerprint density at radius 1 is 1.25 bits per heavy atom. The molecule has 1 aromatic carbocycles. The molecule has 0 saturated heterocycles. The lowest BCUT2D eigenvalue weighted by Crippen LogP contribution is -2.43. The predicted molar refractivity (Wildman–Crippen MR) is 95.7 cm³/mol. The number of carbonyl (C=O) groups excluding carboxylic acids is 1. The van der Waals surface area contributed by atoms with Crippen LogP contribution in [0.1, 0.15) is 51.4 Å². The Labute approximate surface area is 143 Å². The molecule has 4 nitrogen and oxygen atoms in total. The minimum atomic E-state index is -0.238. The maximum absolute atomic E-state index is 12.9. The topological polar surface area (TPSA) is 46.9 Å². The second-order valence-corrected chi connectivity index (χ2v) is 7.83. The summed E-state index contributed by atoms with van der Waals surface area (Å²) in [5.41, 5.74) is 1.99. The van der Waals surface area contributed by atoms with Gasteiger partial charge in [0.25, 0.3) is 0 Å². The molecule has 0 radical (unpaired) electrons. The Hall–Kier alpha value is -1.84. The van der Waals surface area contributed by atoms with E-state index in [1.54, 1.807) is 0 Å². The minimum Gasteiger partial charge on any atom is -0.352 e. The molecular weight excluding hydrogens is 298 g/mol. The van der Waals surface area contributed by atoms with Crippen LogP contribution in [0.4, 0.5) is 0 Å². The normalized spacial score (nSPS) is 28.2. The van der Waals surface area contributed by atoms with Gasteiger partial charge in [-0.15, -0.1) is 0 Å². The third-order valence-corrected chi connectivity index (χ3v) is 6.34. The number of hydrogen-bond donors (Lipinski definition) is 1. The Morgan fingerprint density at radius 2 is 2.04 bits per heavy atom. The van der Waals surface area contributed by atoms with E-state index in [0.717, 1.165) is 28.7 Å². The lowest BCUT2D eigenvalue weighted by atomic mass is 9.84. The first-order chi connectivity index (χ1) is 11.5. The van der Waals surface area contributed by atoms with E-state index in [0.29, 0.717) is 5.92 Å². The molecule has 1 amide bonds. The van der Waals surface area contributed by atoms with Crippen LogP contribution in [0.2, 0.25) is 0 Å². The van der Waals surface area contributed by atoms with Crippen molar-refractivity contribution in [1.29, 1.82) is 0 Å². The monoisotopic (exact) mass is 325 g/mol. The molecule has 128 valence electrons. The Bertz CT molecular complexity index is 765. The third kappa shape index (κ3) is 2.52. The van der Waals surface area contributed by atoms with E-state index in [-0.39, 0.29) is 18.0 Å². The van der Waals surface area contributed by atoms with Crippen molar-refractivity contribution in [3.63, 3.8) is 0 Å². The zero-order chi connectivity index (χ0) is 16.8. The van der Waals surface area contributed by atoms with Crippen molar-refractivity contribution in [2.45, 2.75) is 58.5 Å². The molecule has 1 heterocycles. The summed E-state index contributed by atoms with van der Waals surface area (Å²) in [6.45, 7) is 6.14. The highest BCUT2D eigenvalue weighted by atomic mass is 16.2. The van der Waals surface area contributed by atoms with Crippen LogP contribution in [0.25, 0.3) is 11.0 Å². The van der Waals surface area contributed by atoms with Crippen molar-refractivity contribution in [3.05, 3.63) is 30.1 Å². The number of nitrogens with one attached hydrogen (secondary N) is 1. The zero-order valence-corrected chi connectivity index (χ0v) is 14.8. The SMILES string of the molecule is Cc1nc2ccccc2n1C(C)C(=O)NC(C)C1CC2CCC1C2. The Morgan fingerprint density at radius 3 is 2.75 bits per heavy atom. The van der Waals surface area contributed by atoms with Gasteiger partial charge in [-0.3, -0.25) is 4.79 Å². The van der Waals surface area contributed by atoms with Crippen molar-refractivity contribution in [2.24, 2.45) is 17.8 Å². The quantitative estimate of drug-likeness (QED) is 0.928. The molecule has 1 aromatic heterocycles. The number of carbonyl (C=O) groups is 1. The van der Waals surface area contributed by atoms with Crippen LogP contribution in [-0.4, -0.2) is 21.5 Å². The summed E-state index contributed by atoms with van der Waals surface area (Å²) in [6.07, 6.45) is 5.44. The van der Waals surface area contributed by atoms with Gasteiger partial charge < -0.3 is 9.88 Å². The highest BCUT2D eigenvalue weighted by Crippen LogP contribution is 2.49. The van der Waals surface area contributed by atoms with E-state index in [2.05, 4.69) is 21.8 Å². The first-order valence-corrected chi connectivity index (χ1v) is 9.28. The summed E-state index contributed by atoms with van der Waals surface area (Å²) in [5, 5.41) is 3.30. The number of nitrogens with zero attached hydrogens (tertiary/aromatic N) is 2. The lowest BCUT2D eigenvalue weighted by Gasteiger charge is -2.29. The maximum Gasteiger partial charge on any atom is 0.243 e. The predicted octanol–water partition coefficient (Wildman–Crippen LogP) is 3.85. The third-order valence-electron chi connectivity index (χ3n) is 6.34. The van der Waals surface area contributed by atoms with E-state index in [4.69, 9.17) is 0 Å². The van der Waals surface area contributed by atoms with E-state index >= 15 is 0 Å². The minimum absolute atomic E-state index is 0.108. The van der Waals surface area contributed by atoms with Crippen LogP contribution >= 0.6 is 0 Å². The van der Waals surface area contributed by atoms with Gasteiger partial charge in [-0.1, -0.05) is 18.6 Å². The molecule has 0 aliphatic heterocycles. The number of aryl methyl sites for hydroxylation is 1. The molecule has 2 bridgehead atoms.